The monoisotopic (exact) mass is 436 g/mol. The summed E-state index contributed by atoms with van der Waals surface area (Å²) in [4.78, 5) is 12.9. The van der Waals surface area contributed by atoms with Gasteiger partial charge >= 0.3 is 0 Å². The van der Waals surface area contributed by atoms with E-state index in [1.54, 1.807) is 6.07 Å². The summed E-state index contributed by atoms with van der Waals surface area (Å²) in [6, 6.07) is 14.1. The van der Waals surface area contributed by atoms with Crippen molar-refractivity contribution in [3.05, 3.63) is 59.1 Å². The highest BCUT2D eigenvalue weighted by Gasteiger charge is 2.29. The Morgan fingerprint density at radius 3 is 2.52 bits per heavy atom. The maximum atomic E-state index is 13.0. The molecule has 1 atom stereocenters. The minimum absolute atomic E-state index is 0.00869. The summed E-state index contributed by atoms with van der Waals surface area (Å²) < 4.78 is 32.5. The zero-order chi connectivity index (χ0) is 20.9. The SMILES string of the molecule is CCCC(C(=O)Nc1ccc(Cl)c(S(=O)(=O)N2CCOCC2)c1)c1ccccc1. The van der Waals surface area contributed by atoms with Crippen LogP contribution in [0.15, 0.2) is 53.4 Å². The number of sulfonamides is 1. The molecule has 1 unspecified atom stereocenters. The van der Waals surface area contributed by atoms with Crippen molar-refractivity contribution in [2.24, 2.45) is 0 Å². The van der Waals surface area contributed by atoms with E-state index in [1.807, 2.05) is 37.3 Å². The van der Waals surface area contributed by atoms with Crippen LogP contribution >= 0.6 is 11.6 Å². The highest BCUT2D eigenvalue weighted by Crippen LogP contribution is 2.29. The van der Waals surface area contributed by atoms with E-state index in [0.29, 0.717) is 25.3 Å². The first-order valence-corrected chi connectivity index (χ1v) is 11.5. The molecular formula is C21H25ClN2O4S. The second-order valence-electron chi connectivity index (χ2n) is 6.90. The molecule has 1 amide bonds. The van der Waals surface area contributed by atoms with E-state index in [9.17, 15) is 13.2 Å². The lowest BCUT2D eigenvalue weighted by Crippen LogP contribution is -2.40. The van der Waals surface area contributed by atoms with E-state index in [4.69, 9.17) is 16.3 Å². The number of nitrogens with one attached hydrogen (secondary N) is 1. The Morgan fingerprint density at radius 2 is 1.86 bits per heavy atom. The third kappa shape index (κ3) is 5.17. The molecule has 2 aromatic carbocycles. The molecule has 0 aromatic heterocycles. The summed E-state index contributed by atoms with van der Waals surface area (Å²) in [5.41, 5.74) is 1.34. The quantitative estimate of drug-likeness (QED) is 0.714. The lowest BCUT2D eigenvalue weighted by atomic mass is 9.93. The number of hydrogen-bond donors (Lipinski definition) is 1. The molecule has 1 aliphatic rings. The molecule has 1 fully saturated rings. The van der Waals surface area contributed by atoms with Gasteiger partial charge < -0.3 is 10.1 Å². The van der Waals surface area contributed by atoms with Crippen molar-refractivity contribution >= 4 is 33.2 Å². The third-order valence-electron chi connectivity index (χ3n) is 4.88. The second kappa shape index (κ2) is 9.71. The number of ether oxygens (including phenoxy) is 1. The number of benzene rings is 2. The van der Waals surface area contributed by atoms with Crippen LogP contribution in [0.5, 0.6) is 0 Å². The van der Waals surface area contributed by atoms with E-state index < -0.39 is 10.0 Å². The summed E-state index contributed by atoms with van der Waals surface area (Å²) in [6.45, 7) is 3.29. The van der Waals surface area contributed by atoms with Crippen LogP contribution in [0.25, 0.3) is 0 Å². The van der Waals surface area contributed by atoms with Gasteiger partial charge in [0.25, 0.3) is 0 Å². The van der Waals surface area contributed by atoms with Crippen molar-refractivity contribution in [2.45, 2.75) is 30.6 Å². The molecule has 0 spiro atoms. The van der Waals surface area contributed by atoms with Crippen LogP contribution in [0.1, 0.15) is 31.2 Å². The average Bonchev–Trinajstić information content (AvgIpc) is 2.74. The Labute approximate surface area is 176 Å². The fraction of sp³-hybridized carbons (Fsp3) is 0.381. The lowest BCUT2D eigenvalue weighted by Gasteiger charge is -2.26. The maximum Gasteiger partial charge on any atom is 0.244 e. The molecule has 1 aliphatic heterocycles. The Balaban J connectivity index is 1.84. The Morgan fingerprint density at radius 1 is 1.17 bits per heavy atom. The van der Waals surface area contributed by atoms with Gasteiger partial charge in [-0.1, -0.05) is 55.3 Å². The molecule has 0 bridgehead atoms. The van der Waals surface area contributed by atoms with Crippen LogP contribution in [0.4, 0.5) is 5.69 Å². The number of morpholine rings is 1. The predicted octanol–water partition coefficient (Wildman–Crippen LogP) is 3.88. The molecule has 29 heavy (non-hydrogen) atoms. The smallest absolute Gasteiger partial charge is 0.244 e. The van der Waals surface area contributed by atoms with Crippen molar-refractivity contribution in [1.29, 1.82) is 0 Å². The largest absolute Gasteiger partial charge is 0.379 e. The second-order valence-corrected chi connectivity index (χ2v) is 9.22. The molecule has 156 valence electrons. The third-order valence-corrected chi connectivity index (χ3v) is 7.26. The van der Waals surface area contributed by atoms with E-state index in [2.05, 4.69) is 5.32 Å². The number of halogens is 1. The summed E-state index contributed by atoms with van der Waals surface area (Å²) in [5, 5.41) is 2.99. The molecular weight excluding hydrogens is 412 g/mol. The molecule has 3 rings (SSSR count). The lowest BCUT2D eigenvalue weighted by molar-refractivity contribution is -0.117. The normalized spacial score (nSPS) is 16.3. The zero-order valence-electron chi connectivity index (χ0n) is 16.3. The molecule has 1 saturated heterocycles. The number of anilines is 1. The fourth-order valence-corrected chi connectivity index (χ4v) is 5.27. The van der Waals surface area contributed by atoms with E-state index in [0.717, 1.165) is 12.0 Å². The summed E-state index contributed by atoms with van der Waals surface area (Å²) in [7, 11) is -3.76. The average molecular weight is 437 g/mol. The van der Waals surface area contributed by atoms with E-state index in [-0.39, 0.29) is 34.8 Å². The van der Waals surface area contributed by atoms with Crippen LogP contribution in [0.2, 0.25) is 5.02 Å². The van der Waals surface area contributed by atoms with Crippen LogP contribution in [0, 0.1) is 0 Å². The van der Waals surface area contributed by atoms with Gasteiger partial charge in [0, 0.05) is 18.8 Å². The number of carbonyl (C=O) groups is 1. The van der Waals surface area contributed by atoms with Crippen LogP contribution in [0.3, 0.4) is 0 Å². The minimum atomic E-state index is -3.76. The van der Waals surface area contributed by atoms with Gasteiger partial charge in [-0.3, -0.25) is 4.79 Å². The molecule has 0 aliphatic carbocycles. The molecule has 1 heterocycles. The number of rotatable bonds is 7. The van der Waals surface area contributed by atoms with Crippen LogP contribution in [-0.2, 0) is 19.6 Å². The first-order valence-electron chi connectivity index (χ1n) is 9.66. The van der Waals surface area contributed by atoms with Crippen molar-refractivity contribution in [3.63, 3.8) is 0 Å². The number of amides is 1. The van der Waals surface area contributed by atoms with Gasteiger partial charge in [0.05, 0.1) is 24.2 Å². The van der Waals surface area contributed by atoms with E-state index in [1.165, 1.54) is 16.4 Å². The predicted molar refractivity (Wildman–Crippen MR) is 114 cm³/mol. The molecule has 0 radical (unpaired) electrons. The summed E-state index contributed by atoms with van der Waals surface area (Å²) in [5.74, 6) is -0.480. The Hall–Kier alpha value is -1.93. The summed E-state index contributed by atoms with van der Waals surface area (Å²) in [6.07, 6.45) is 1.55. The number of nitrogens with zero attached hydrogens (tertiary/aromatic N) is 1. The van der Waals surface area contributed by atoms with Crippen molar-refractivity contribution in [3.8, 4) is 0 Å². The molecule has 2 aromatic rings. The van der Waals surface area contributed by atoms with Gasteiger partial charge in [-0.2, -0.15) is 4.31 Å². The molecule has 1 N–H and O–H groups in total. The molecule has 6 nitrogen and oxygen atoms in total. The van der Waals surface area contributed by atoms with Crippen LogP contribution < -0.4 is 5.32 Å². The summed E-state index contributed by atoms with van der Waals surface area (Å²) >= 11 is 6.19. The Bertz CT molecular complexity index is 944. The first-order chi connectivity index (χ1) is 13.9. The van der Waals surface area contributed by atoms with Crippen LogP contribution in [-0.4, -0.2) is 44.9 Å². The van der Waals surface area contributed by atoms with E-state index >= 15 is 0 Å². The van der Waals surface area contributed by atoms with Gasteiger partial charge in [-0.05, 0) is 30.2 Å². The standard InChI is InChI=1S/C21H25ClN2O4S/c1-2-6-18(16-7-4-3-5-8-16)21(25)23-17-9-10-19(22)20(15-17)29(26,27)24-11-13-28-14-12-24/h3-5,7-10,15,18H,2,6,11-14H2,1H3,(H,23,25). The Kier molecular flexibility index (Phi) is 7.29. The highest BCUT2D eigenvalue weighted by atomic mass is 35.5. The number of hydrogen-bond acceptors (Lipinski definition) is 4. The zero-order valence-corrected chi connectivity index (χ0v) is 17.9. The van der Waals surface area contributed by atoms with Crippen molar-refractivity contribution < 1.29 is 17.9 Å². The maximum absolute atomic E-state index is 13.0. The van der Waals surface area contributed by atoms with Gasteiger partial charge in [-0.15, -0.1) is 0 Å². The van der Waals surface area contributed by atoms with Gasteiger partial charge in [0.15, 0.2) is 0 Å². The topological polar surface area (TPSA) is 75.7 Å². The van der Waals surface area contributed by atoms with Crippen molar-refractivity contribution in [1.82, 2.24) is 4.31 Å². The van der Waals surface area contributed by atoms with Gasteiger partial charge in [-0.25, -0.2) is 8.42 Å². The fourth-order valence-electron chi connectivity index (χ4n) is 3.36. The highest BCUT2D eigenvalue weighted by molar-refractivity contribution is 7.89. The minimum Gasteiger partial charge on any atom is -0.379 e. The van der Waals surface area contributed by atoms with Crippen molar-refractivity contribution in [2.75, 3.05) is 31.6 Å². The number of carbonyl (C=O) groups excluding carboxylic acids is 1. The van der Waals surface area contributed by atoms with Gasteiger partial charge in [0.2, 0.25) is 15.9 Å². The van der Waals surface area contributed by atoms with Gasteiger partial charge in [0.1, 0.15) is 4.90 Å². The molecule has 0 saturated carbocycles. The molecule has 8 heteroatoms. The first kappa shape index (κ1) is 21.8.